The number of rotatable bonds is 6. The molecule has 0 fully saturated rings. The van der Waals surface area contributed by atoms with Crippen LogP contribution in [0, 0.1) is 0 Å². The zero-order valence-electron chi connectivity index (χ0n) is 17.3. The Kier molecular flexibility index (Phi) is 6.13. The average Bonchev–Trinajstić information content (AvgIpc) is 3.11. The largest absolute Gasteiger partial charge is 0.492 e. The number of aromatic nitrogens is 1. The van der Waals surface area contributed by atoms with E-state index in [9.17, 15) is 9.59 Å². The summed E-state index contributed by atoms with van der Waals surface area (Å²) in [4.78, 5) is 30.1. The number of hydrogen-bond donors (Lipinski definition) is 0. The van der Waals surface area contributed by atoms with Gasteiger partial charge in [-0.25, -0.2) is 0 Å². The summed E-state index contributed by atoms with van der Waals surface area (Å²) in [6.07, 6.45) is 0. The molecule has 0 spiro atoms. The maximum atomic E-state index is 13.0. The van der Waals surface area contributed by atoms with Gasteiger partial charge in [0.05, 0.1) is 17.9 Å². The Morgan fingerprint density at radius 2 is 1.77 bits per heavy atom. The maximum absolute atomic E-state index is 13.0. The van der Waals surface area contributed by atoms with Crippen LogP contribution < -0.4 is 9.54 Å². The molecule has 0 radical (unpaired) electrons. The molecule has 4 aromatic rings. The average molecular weight is 435 g/mol. The third kappa shape index (κ3) is 4.36. The highest BCUT2D eigenvalue weighted by molar-refractivity contribution is 7.16. The van der Waals surface area contributed by atoms with Crippen LogP contribution in [0.2, 0.25) is 0 Å². The molecule has 3 aromatic carbocycles. The van der Waals surface area contributed by atoms with Crippen molar-refractivity contribution < 1.29 is 19.1 Å². The summed E-state index contributed by atoms with van der Waals surface area (Å²) in [5, 5.41) is 2.03. The zero-order valence-corrected chi connectivity index (χ0v) is 18.1. The highest BCUT2D eigenvalue weighted by atomic mass is 32.1. The number of hydrogen-bond acceptors (Lipinski definition) is 5. The molecule has 0 saturated carbocycles. The van der Waals surface area contributed by atoms with Gasteiger partial charge in [-0.05, 0) is 48.9 Å². The SMILES string of the molecule is CCOC(=O)Cn1c(=NC(=O)c2ccc3ccccc3c2)sc2cccc(OCC)c21. The second-order valence-electron chi connectivity index (χ2n) is 6.79. The Morgan fingerprint density at radius 1 is 0.968 bits per heavy atom. The van der Waals surface area contributed by atoms with Crippen LogP contribution in [0.5, 0.6) is 5.75 Å². The molecule has 0 aliphatic heterocycles. The number of fused-ring (bicyclic) bond motifs is 2. The minimum Gasteiger partial charge on any atom is -0.492 e. The van der Waals surface area contributed by atoms with E-state index >= 15 is 0 Å². The molecule has 0 unspecified atom stereocenters. The Morgan fingerprint density at radius 3 is 2.55 bits per heavy atom. The Hall–Kier alpha value is -3.45. The van der Waals surface area contributed by atoms with E-state index in [0.717, 1.165) is 21.0 Å². The van der Waals surface area contributed by atoms with Gasteiger partial charge in [0, 0.05) is 5.56 Å². The first-order valence-electron chi connectivity index (χ1n) is 10.1. The molecule has 0 aliphatic carbocycles. The van der Waals surface area contributed by atoms with Gasteiger partial charge in [0.15, 0.2) is 4.80 Å². The lowest BCUT2D eigenvalue weighted by atomic mass is 10.1. The van der Waals surface area contributed by atoms with Crippen molar-refractivity contribution in [1.82, 2.24) is 4.57 Å². The van der Waals surface area contributed by atoms with Gasteiger partial charge in [0.2, 0.25) is 0 Å². The number of ether oxygens (including phenoxy) is 2. The Balaban J connectivity index is 1.84. The molecule has 0 bridgehead atoms. The van der Waals surface area contributed by atoms with E-state index in [1.807, 2.05) is 61.5 Å². The van der Waals surface area contributed by atoms with E-state index in [-0.39, 0.29) is 19.1 Å². The third-order valence-corrected chi connectivity index (χ3v) is 5.79. The van der Waals surface area contributed by atoms with Crippen molar-refractivity contribution in [2.45, 2.75) is 20.4 Å². The minimum absolute atomic E-state index is 0.0538. The molecule has 0 saturated heterocycles. The first kappa shape index (κ1) is 20.8. The highest BCUT2D eigenvalue weighted by Crippen LogP contribution is 2.28. The normalized spacial score (nSPS) is 11.7. The number of thiazole rings is 1. The fourth-order valence-corrected chi connectivity index (χ4v) is 4.46. The van der Waals surface area contributed by atoms with Crippen molar-refractivity contribution >= 4 is 44.2 Å². The summed E-state index contributed by atoms with van der Waals surface area (Å²) < 4.78 is 13.5. The van der Waals surface area contributed by atoms with Crippen LogP contribution in [-0.4, -0.2) is 29.7 Å². The first-order chi connectivity index (χ1) is 15.1. The Labute approximate surface area is 183 Å². The van der Waals surface area contributed by atoms with Crippen LogP contribution in [0.15, 0.2) is 65.7 Å². The van der Waals surface area contributed by atoms with Crippen molar-refractivity contribution in [3.05, 3.63) is 71.0 Å². The number of carbonyl (C=O) groups excluding carboxylic acids is 2. The number of carbonyl (C=O) groups is 2. The molecule has 158 valence electrons. The lowest BCUT2D eigenvalue weighted by molar-refractivity contribution is -0.143. The minimum atomic E-state index is -0.395. The van der Waals surface area contributed by atoms with Crippen LogP contribution in [0.4, 0.5) is 0 Å². The van der Waals surface area contributed by atoms with E-state index in [4.69, 9.17) is 9.47 Å². The number of nitrogens with zero attached hydrogens (tertiary/aromatic N) is 2. The molecule has 7 heteroatoms. The highest BCUT2D eigenvalue weighted by Gasteiger charge is 2.16. The molecule has 31 heavy (non-hydrogen) atoms. The maximum Gasteiger partial charge on any atom is 0.326 e. The molecule has 6 nitrogen and oxygen atoms in total. The quantitative estimate of drug-likeness (QED) is 0.417. The van der Waals surface area contributed by atoms with Crippen LogP contribution in [0.3, 0.4) is 0 Å². The second kappa shape index (κ2) is 9.14. The number of benzene rings is 3. The standard InChI is InChI=1S/C24H22N2O4S/c1-3-29-19-10-7-11-20-22(19)26(15-21(27)30-4-2)24(31-20)25-23(28)18-13-12-16-8-5-6-9-17(16)14-18/h5-14H,3-4,15H2,1-2H3. The molecular weight excluding hydrogens is 412 g/mol. The van der Waals surface area contributed by atoms with Crippen LogP contribution >= 0.6 is 11.3 Å². The summed E-state index contributed by atoms with van der Waals surface area (Å²) in [6, 6.07) is 19.0. The van der Waals surface area contributed by atoms with E-state index in [2.05, 4.69) is 4.99 Å². The van der Waals surface area contributed by atoms with E-state index in [0.29, 0.717) is 22.7 Å². The molecule has 1 heterocycles. The predicted molar refractivity (Wildman–Crippen MR) is 121 cm³/mol. The van der Waals surface area contributed by atoms with Gasteiger partial charge in [-0.1, -0.05) is 47.7 Å². The van der Waals surface area contributed by atoms with E-state index in [1.165, 1.54) is 11.3 Å². The van der Waals surface area contributed by atoms with Gasteiger partial charge in [-0.2, -0.15) is 4.99 Å². The monoisotopic (exact) mass is 434 g/mol. The number of para-hydroxylation sites is 1. The van der Waals surface area contributed by atoms with Gasteiger partial charge in [0.25, 0.3) is 5.91 Å². The lowest BCUT2D eigenvalue weighted by Gasteiger charge is -2.09. The molecule has 1 aromatic heterocycles. The van der Waals surface area contributed by atoms with Crippen molar-refractivity contribution in [2.75, 3.05) is 13.2 Å². The third-order valence-electron chi connectivity index (χ3n) is 4.75. The lowest BCUT2D eigenvalue weighted by Crippen LogP contribution is -2.23. The summed E-state index contributed by atoms with van der Waals surface area (Å²) in [5.74, 6) is -0.124. The number of amides is 1. The van der Waals surface area contributed by atoms with Crippen molar-refractivity contribution in [3.8, 4) is 5.75 Å². The smallest absolute Gasteiger partial charge is 0.326 e. The fraction of sp³-hybridized carbons (Fsp3) is 0.208. The molecule has 0 atom stereocenters. The fourth-order valence-electron chi connectivity index (χ4n) is 3.41. The molecule has 0 N–H and O–H groups in total. The Bertz CT molecular complexity index is 1340. The summed E-state index contributed by atoms with van der Waals surface area (Å²) in [7, 11) is 0. The van der Waals surface area contributed by atoms with Crippen molar-refractivity contribution in [3.63, 3.8) is 0 Å². The summed E-state index contributed by atoms with van der Waals surface area (Å²) in [5.41, 5.74) is 1.22. The van der Waals surface area contributed by atoms with E-state index in [1.54, 1.807) is 17.6 Å². The van der Waals surface area contributed by atoms with Gasteiger partial charge in [-0.15, -0.1) is 0 Å². The van der Waals surface area contributed by atoms with Gasteiger partial charge in [-0.3, -0.25) is 9.59 Å². The van der Waals surface area contributed by atoms with Crippen molar-refractivity contribution in [2.24, 2.45) is 4.99 Å². The van der Waals surface area contributed by atoms with E-state index < -0.39 is 5.97 Å². The van der Waals surface area contributed by atoms with Gasteiger partial charge >= 0.3 is 5.97 Å². The predicted octanol–water partition coefficient (Wildman–Crippen LogP) is 4.56. The van der Waals surface area contributed by atoms with Crippen LogP contribution in [0.25, 0.3) is 21.0 Å². The summed E-state index contributed by atoms with van der Waals surface area (Å²) in [6.45, 7) is 4.37. The van der Waals surface area contributed by atoms with Gasteiger partial charge < -0.3 is 14.0 Å². The molecular formula is C24H22N2O4S. The zero-order chi connectivity index (χ0) is 21.8. The van der Waals surface area contributed by atoms with Gasteiger partial charge in [0.1, 0.15) is 17.8 Å². The van der Waals surface area contributed by atoms with Crippen LogP contribution in [0.1, 0.15) is 24.2 Å². The van der Waals surface area contributed by atoms with Crippen molar-refractivity contribution in [1.29, 1.82) is 0 Å². The molecule has 4 rings (SSSR count). The topological polar surface area (TPSA) is 69.9 Å². The number of esters is 1. The molecule has 1 amide bonds. The molecule has 0 aliphatic rings. The van der Waals surface area contributed by atoms with Crippen LogP contribution in [-0.2, 0) is 16.1 Å². The second-order valence-corrected chi connectivity index (χ2v) is 7.80. The summed E-state index contributed by atoms with van der Waals surface area (Å²) >= 11 is 1.34. The first-order valence-corrected chi connectivity index (χ1v) is 10.9.